The van der Waals surface area contributed by atoms with Crippen molar-refractivity contribution in [3.05, 3.63) is 0 Å². The number of carbonyl (C=O) groups excluding carboxylic acids is 1. The van der Waals surface area contributed by atoms with Crippen molar-refractivity contribution in [1.82, 2.24) is 4.90 Å². The highest BCUT2D eigenvalue weighted by atomic mass is 32.2. The molecule has 1 saturated heterocycles. The van der Waals surface area contributed by atoms with Crippen LogP contribution in [0, 0.1) is 17.2 Å². The lowest BCUT2D eigenvalue weighted by atomic mass is 9.94. The minimum atomic E-state index is -0.0674. The molecule has 3 nitrogen and oxygen atoms in total. The molecule has 1 aliphatic carbocycles. The van der Waals surface area contributed by atoms with Gasteiger partial charge in [0.15, 0.2) is 0 Å². The fraction of sp³-hybridized carbons (Fsp3) is 0.833. The van der Waals surface area contributed by atoms with Crippen LogP contribution >= 0.6 is 11.8 Å². The highest BCUT2D eigenvalue weighted by Gasteiger charge is 2.36. The highest BCUT2D eigenvalue weighted by Crippen LogP contribution is 2.32. The zero-order valence-electron chi connectivity index (χ0n) is 9.69. The van der Waals surface area contributed by atoms with Gasteiger partial charge < -0.3 is 4.90 Å². The van der Waals surface area contributed by atoms with Gasteiger partial charge in [-0.1, -0.05) is 6.42 Å². The van der Waals surface area contributed by atoms with E-state index in [9.17, 15) is 4.79 Å². The maximum Gasteiger partial charge on any atom is 0.224 e. The van der Waals surface area contributed by atoms with E-state index in [1.54, 1.807) is 0 Å². The molecule has 0 spiro atoms. The van der Waals surface area contributed by atoms with Crippen molar-refractivity contribution in [2.24, 2.45) is 5.92 Å². The molecule has 3 unspecified atom stereocenters. The molecule has 0 aromatic rings. The van der Waals surface area contributed by atoms with E-state index in [0.717, 1.165) is 12.8 Å². The van der Waals surface area contributed by atoms with Gasteiger partial charge in [0, 0.05) is 24.3 Å². The Morgan fingerprint density at radius 2 is 2.31 bits per heavy atom. The first kappa shape index (κ1) is 11.8. The van der Waals surface area contributed by atoms with Crippen molar-refractivity contribution in [3.63, 3.8) is 0 Å². The van der Waals surface area contributed by atoms with Crippen LogP contribution in [0.5, 0.6) is 0 Å². The van der Waals surface area contributed by atoms with Gasteiger partial charge in [0.05, 0.1) is 12.0 Å². The summed E-state index contributed by atoms with van der Waals surface area (Å²) in [5, 5.41) is 9.57. The van der Waals surface area contributed by atoms with Gasteiger partial charge in [-0.15, -0.1) is 0 Å². The van der Waals surface area contributed by atoms with Crippen molar-refractivity contribution >= 4 is 17.7 Å². The van der Waals surface area contributed by atoms with Crippen LogP contribution < -0.4 is 0 Å². The van der Waals surface area contributed by atoms with Gasteiger partial charge in [-0.05, 0) is 25.5 Å². The molecule has 2 fully saturated rings. The minimum absolute atomic E-state index is 0.0674. The van der Waals surface area contributed by atoms with Gasteiger partial charge in [-0.3, -0.25) is 4.79 Å². The molecule has 2 aliphatic rings. The predicted molar refractivity (Wildman–Crippen MR) is 65.0 cm³/mol. The zero-order chi connectivity index (χ0) is 11.5. The molecular formula is C12H18N2OS. The summed E-state index contributed by atoms with van der Waals surface area (Å²) in [4.78, 5) is 13.8. The fourth-order valence-corrected chi connectivity index (χ4v) is 3.61. The number of amides is 1. The summed E-state index contributed by atoms with van der Waals surface area (Å²) in [7, 11) is 0. The average molecular weight is 238 g/mol. The van der Waals surface area contributed by atoms with Crippen LogP contribution in [0.4, 0.5) is 0 Å². The molecule has 1 aliphatic heterocycles. The smallest absolute Gasteiger partial charge is 0.224 e. The van der Waals surface area contributed by atoms with Crippen molar-refractivity contribution < 1.29 is 4.79 Å². The van der Waals surface area contributed by atoms with E-state index in [-0.39, 0.29) is 11.8 Å². The molecule has 1 heterocycles. The lowest BCUT2D eigenvalue weighted by Gasteiger charge is -2.34. The third kappa shape index (κ3) is 2.35. The number of carbonyl (C=O) groups is 1. The monoisotopic (exact) mass is 238 g/mol. The zero-order valence-corrected chi connectivity index (χ0v) is 10.5. The lowest BCUT2D eigenvalue weighted by molar-refractivity contribution is -0.130. The normalized spacial score (nSPS) is 35.1. The van der Waals surface area contributed by atoms with Crippen molar-refractivity contribution in [1.29, 1.82) is 5.26 Å². The SMILES string of the molecule is CSC1CCCC(N2CC(C#N)CC2=O)C1. The Kier molecular flexibility index (Phi) is 3.75. The van der Waals surface area contributed by atoms with Crippen molar-refractivity contribution in [2.45, 2.75) is 43.4 Å². The van der Waals surface area contributed by atoms with Crippen LogP contribution in [-0.2, 0) is 4.79 Å². The van der Waals surface area contributed by atoms with Gasteiger partial charge in [0.2, 0.25) is 5.91 Å². The van der Waals surface area contributed by atoms with Gasteiger partial charge in [0.1, 0.15) is 0 Å². The van der Waals surface area contributed by atoms with E-state index in [4.69, 9.17) is 5.26 Å². The van der Waals surface area contributed by atoms with Gasteiger partial charge in [0.25, 0.3) is 0 Å². The number of nitriles is 1. The third-order valence-corrected chi connectivity index (χ3v) is 4.81. The summed E-state index contributed by atoms with van der Waals surface area (Å²) >= 11 is 1.91. The molecule has 3 atom stereocenters. The van der Waals surface area contributed by atoms with E-state index in [0.29, 0.717) is 24.3 Å². The molecule has 1 saturated carbocycles. The van der Waals surface area contributed by atoms with E-state index in [2.05, 4.69) is 12.3 Å². The number of nitrogens with zero attached hydrogens (tertiary/aromatic N) is 2. The first-order valence-electron chi connectivity index (χ1n) is 5.96. The number of hydrogen-bond donors (Lipinski definition) is 0. The number of thioether (sulfide) groups is 1. The molecular weight excluding hydrogens is 220 g/mol. The highest BCUT2D eigenvalue weighted by molar-refractivity contribution is 7.99. The largest absolute Gasteiger partial charge is 0.338 e. The van der Waals surface area contributed by atoms with Crippen molar-refractivity contribution in [2.75, 3.05) is 12.8 Å². The van der Waals surface area contributed by atoms with E-state index >= 15 is 0 Å². The molecule has 0 aromatic carbocycles. The Morgan fingerprint density at radius 3 is 2.94 bits per heavy atom. The van der Waals surface area contributed by atoms with Crippen LogP contribution in [0.25, 0.3) is 0 Å². The van der Waals surface area contributed by atoms with Crippen LogP contribution in [-0.4, -0.2) is 34.9 Å². The van der Waals surface area contributed by atoms with E-state index < -0.39 is 0 Å². The summed E-state index contributed by atoms with van der Waals surface area (Å²) in [5.74, 6) is 0.125. The number of likely N-dealkylation sites (tertiary alicyclic amines) is 1. The van der Waals surface area contributed by atoms with E-state index in [1.807, 2.05) is 16.7 Å². The molecule has 0 aromatic heterocycles. The quantitative estimate of drug-likeness (QED) is 0.739. The molecule has 1 amide bonds. The second-order valence-electron chi connectivity index (χ2n) is 4.75. The summed E-state index contributed by atoms with van der Waals surface area (Å²) in [6, 6.07) is 2.62. The Hall–Kier alpha value is -0.690. The maximum absolute atomic E-state index is 11.8. The molecule has 4 heteroatoms. The molecule has 0 bridgehead atoms. The summed E-state index contributed by atoms with van der Waals surface area (Å²) in [6.45, 7) is 0.668. The van der Waals surface area contributed by atoms with Gasteiger partial charge in [-0.2, -0.15) is 17.0 Å². The standard InChI is InChI=1S/C12H18N2OS/c1-16-11-4-2-3-10(6-11)14-8-9(7-13)5-12(14)15/h9-11H,2-6,8H2,1H3. The minimum Gasteiger partial charge on any atom is -0.338 e. The van der Waals surface area contributed by atoms with Crippen LogP contribution in [0.1, 0.15) is 32.1 Å². The fourth-order valence-electron chi connectivity index (χ4n) is 2.79. The average Bonchev–Trinajstić information content (AvgIpc) is 2.71. The lowest BCUT2D eigenvalue weighted by Crippen LogP contribution is -2.40. The third-order valence-electron chi connectivity index (χ3n) is 3.71. The van der Waals surface area contributed by atoms with Gasteiger partial charge >= 0.3 is 0 Å². The predicted octanol–water partition coefficient (Wildman–Crippen LogP) is 2.03. The first-order chi connectivity index (χ1) is 7.74. The number of rotatable bonds is 2. The summed E-state index contributed by atoms with van der Waals surface area (Å²) < 4.78 is 0. The second-order valence-corrected chi connectivity index (χ2v) is 5.89. The number of hydrogen-bond acceptors (Lipinski definition) is 3. The molecule has 88 valence electrons. The topological polar surface area (TPSA) is 44.1 Å². The molecule has 2 rings (SSSR count). The van der Waals surface area contributed by atoms with Gasteiger partial charge in [-0.25, -0.2) is 0 Å². The maximum atomic E-state index is 11.8. The van der Waals surface area contributed by atoms with E-state index in [1.165, 1.54) is 12.8 Å². The molecule has 0 N–H and O–H groups in total. The summed E-state index contributed by atoms with van der Waals surface area (Å²) in [5.41, 5.74) is 0. The van der Waals surface area contributed by atoms with Crippen LogP contribution in [0.2, 0.25) is 0 Å². The summed E-state index contributed by atoms with van der Waals surface area (Å²) in [6.07, 6.45) is 7.33. The van der Waals surface area contributed by atoms with Crippen LogP contribution in [0.15, 0.2) is 0 Å². The second kappa shape index (κ2) is 5.09. The van der Waals surface area contributed by atoms with Crippen molar-refractivity contribution in [3.8, 4) is 6.07 Å². The Balaban J connectivity index is 1.97. The molecule has 0 radical (unpaired) electrons. The van der Waals surface area contributed by atoms with Crippen LogP contribution in [0.3, 0.4) is 0 Å². The first-order valence-corrected chi connectivity index (χ1v) is 7.25. The Labute approximate surface area is 101 Å². The Bertz CT molecular complexity index is 313. The molecule has 16 heavy (non-hydrogen) atoms. The Morgan fingerprint density at radius 1 is 1.50 bits per heavy atom.